The highest BCUT2D eigenvalue weighted by atomic mass is 79.9. The number of amidine groups is 1. The molecule has 0 aromatic heterocycles. The SMILES string of the molecule is CCOC(=O)COc1ccc(/C=C2/SC(=Nc3ccc(F)cc3)N(CC)C2=O)cc1Br. The summed E-state index contributed by atoms with van der Waals surface area (Å²) in [6.07, 6.45) is 1.77. The van der Waals surface area contributed by atoms with Crippen LogP contribution in [0.5, 0.6) is 5.75 Å². The molecule has 162 valence electrons. The lowest BCUT2D eigenvalue weighted by Gasteiger charge is -2.12. The molecule has 6 nitrogen and oxygen atoms in total. The van der Waals surface area contributed by atoms with Crippen LogP contribution in [0.4, 0.5) is 10.1 Å². The van der Waals surface area contributed by atoms with E-state index in [0.717, 1.165) is 5.56 Å². The highest BCUT2D eigenvalue weighted by Gasteiger charge is 2.32. The van der Waals surface area contributed by atoms with Gasteiger partial charge in [-0.1, -0.05) is 6.07 Å². The van der Waals surface area contributed by atoms with Gasteiger partial charge in [-0.25, -0.2) is 14.2 Å². The van der Waals surface area contributed by atoms with E-state index in [1.165, 1.54) is 23.9 Å². The van der Waals surface area contributed by atoms with Gasteiger partial charge in [0.1, 0.15) is 11.6 Å². The average molecular weight is 507 g/mol. The number of esters is 1. The standard InChI is InChI=1S/C22H20BrFN2O4S/c1-3-26-21(28)19(31-22(26)25-16-8-6-15(24)7-9-16)12-14-5-10-18(17(23)11-14)30-13-20(27)29-4-2/h5-12H,3-4,13H2,1-2H3/b19-12+,25-22?. The Balaban J connectivity index is 1.78. The van der Waals surface area contributed by atoms with E-state index in [2.05, 4.69) is 20.9 Å². The minimum Gasteiger partial charge on any atom is -0.481 e. The number of rotatable bonds is 7. The number of aliphatic imine (C=N–C) groups is 1. The number of amides is 1. The van der Waals surface area contributed by atoms with Gasteiger partial charge in [-0.05, 0) is 89.6 Å². The summed E-state index contributed by atoms with van der Waals surface area (Å²) in [5.41, 5.74) is 1.35. The van der Waals surface area contributed by atoms with E-state index in [-0.39, 0.29) is 18.3 Å². The maximum atomic E-state index is 13.1. The van der Waals surface area contributed by atoms with E-state index < -0.39 is 5.97 Å². The van der Waals surface area contributed by atoms with Crippen molar-refractivity contribution in [1.29, 1.82) is 0 Å². The van der Waals surface area contributed by atoms with E-state index >= 15 is 0 Å². The van der Waals surface area contributed by atoms with Gasteiger partial charge in [0, 0.05) is 6.54 Å². The van der Waals surface area contributed by atoms with Crippen LogP contribution in [0.3, 0.4) is 0 Å². The summed E-state index contributed by atoms with van der Waals surface area (Å²) in [4.78, 5) is 30.8. The summed E-state index contributed by atoms with van der Waals surface area (Å²) >= 11 is 4.69. The first kappa shape index (κ1) is 23.0. The Bertz CT molecular complexity index is 1040. The number of benzene rings is 2. The fourth-order valence-electron chi connectivity index (χ4n) is 2.71. The van der Waals surface area contributed by atoms with Gasteiger partial charge in [-0.15, -0.1) is 0 Å². The van der Waals surface area contributed by atoms with Crippen molar-refractivity contribution in [3.63, 3.8) is 0 Å². The number of ether oxygens (including phenoxy) is 2. The van der Waals surface area contributed by atoms with Gasteiger partial charge in [0.05, 0.1) is 21.7 Å². The number of halogens is 2. The Kier molecular flexibility index (Phi) is 7.86. The zero-order valence-corrected chi connectivity index (χ0v) is 19.3. The number of nitrogens with zero attached hydrogens (tertiary/aromatic N) is 2. The maximum Gasteiger partial charge on any atom is 0.344 e. The van der Waals surface area contributed by atoms with Crippen molar-refractivity contribution in [2.24, 2.45) is 4.99 Å². The predicted octanol–water partition coefficient (Wildman–Crippen LogP) is 5.15. The molecule has 1 saturated heterocycles. The Morgan fingerprint density at radius 2 is 1.97 bits per heavy atom. The minimum atomic E-state index is -0.443. The molecule has 0 bridgehead atoms. The van der Waals surface area contributed by atoms with Crippen LogP contribution in [-0.2, 0) is 14.3 Å². The van der Waals surface area contributed by atoms with Crippen molar-refractivity contribution in [2.75, 3.05) is 19.8 Å². The Labute approximate surface area is 192 Å². The van der Waals surface area contributed by atoms with Gasteiger partial charge in [-0.3, -0.25) is 9.69 Å². The molecule has 0 radical (unpaired) electrons. The largest absolute Gasteiger partial charge is 0.481 e. The Morgan fingerprint density at radius 3 is 2.61 bits per heavy atom. The molecule has 2 aromatic carbocycles. The summed E-state index contributed by atoms with van der Waals surface area (Å²) in [7, 11) is 0. The van der Waals surface area contributed by atoms with Crippen LogP contribution in [0, 0.1) is 5.82 Å². The molecule has 0 aliphatic carbocycles. The number of hydrogen-bond donors (Lipinski definition) is 0. The molecule has 1 fully saturated rings. The van der Waals surface area contributed by atoms with Gasteiger partial charge in [-0.2, -0.15) is 0 Å². The predicted molar refractivity (Wildman–Crippen MR) is 123 cm³/mol. The Morgan fingerprint density at radius 1 is 1.23 bits per heavy atom. The van der Waals surface area contributed by atoms with Crippen LogP contribution in [-0.4, -0.2) is 41.7 Å². The fourth-order valence-corrected chi connectivity index (χ4v) is 4.28. The van der Waals surface area contributed by atoms with E-state index in [1.807, 2.05) is 6.92 Å². The monoisotopic (exact) mass is 506 g/mol. The fraction of sp³-hybridized carbons (Fsp3) is 0.227. The van der Waals surface area contributed by atoms with Gasteiger partial charge in [0.2, 0.25) is 0 Å². The van der Waals surface area contributed by atoms with E-state index in [0.29, 0.717) is 39.1 Å². The number of thioether (sulfide) groups is 1. The van der Waals surface area contributed by atoms with Crippen molar-refractivity contribution in [3.8, 4) is 5.75 Å². The second kappa shape index (κ2) is 10.6. The third-order valence-corrected chi connectivity index (χ3v) is 5.79. The van der Waals surface area contributed by atoms with Crippen LogP contribution in [0.1, 0.15) is 19.4 Å². The van der Waals surface area contributed by atoms with Gasteiger partial charge >= 0.3 is 5.97 Å². The summed E-state index contributed by atoms with van der Waals surface area (Å²) in [5.74, 6) is -0.435. The molecular formula is C22H20BrFN2O4S. The molecule has 0 atom stereocenters. The van der Waals surface area contributed by atoms with Crippen LogP contribution in [0.25, 0.3) is 6.08 Å². The van der Waals surface area contributed by atoms with E-state index in [9.17, 15) is 14.0 Å². The molecule has 0 spiro atoms. The molecule has 9 heteroatoms. The van der Waals surface area contributed by atoms with Crippen molar-refractivity contribution in [2.45, 2.75) is 13.8 Å². The topological polar surface area (TPSA) is 68.2 Å². The Hall–Kier alpha value is -2.65. The van der Waals surface area contributed by atoms with Gasteiger partial charge in [0.15, 0.2) is 11.8 Å². The zero-order chi connectivity index (χ0) is 22.4. The lowest BCUT2D eigenvalue weighted by Crippen LogP contribution is -2.28. The first-order valence-electron chi connectivity index (χ1n) is 9.55. The number of carbonyl (C=O) groups excluding carboxylic acids is 2. The van der Waals surface area contributed by atoms with Crippen LogP contribution in [0.2, 0.25) is 0 Å². The molecule has 2 aromatic rings. The molecule has 1 aliphatic heterocycles. The highest BCUT2D eigenvalue weighted by Crippen LogP contribution is 2.35. The summed E-state index contributed by atoms with van der Waals surface area (Å²) < 4.78 is 24.1. The van der Waals surface area contributed by atoms with E-state index in [1.54, 1.807) is 48.2 Å². The van der Waals surface area contributed by atoms with Crippen molar-refractivity contribution >= 4 is 56.5 Å². The second-order valence-corrected chi connectivity index (χ2v) is 8.18. The van der Waals surface area contributed by atoms with Crippen LogP contribution >= 0.6 is 27.7 Å². The number of carbonyl (C=O) groups is 2. The average Bonchev–Trinajstić information content (AvgIpc) is 3.03. The molecule has 0 N–H and O–H groups in total. The lowest BCUT2D eigenvalue weighted by molar-refractivity contribution is -0.145. The molecule has 1 amide bonds. The minimum absolute atomic E-state index is 0.146. The quantitative estimate of drug-likeness (QED) is 0.383. The van der Waals surface area contributed by atoms with Crippen molar-refractivity contribution in [3.05, 3.63) is 63.2 Å². The first-order valence-corrected chi connectivity index (χ1v) is 11.2. The molecule has 0 unspecified atom stereocenters. The molecular weight excluding hydrogens is 487 g/mol. The summed E-state index contributed by atoms with van der Waals surface area (Å²) in [5, 5.41) is 0.541. The van der Waals surface area contributed by atoms with Crippen LogP contribution < -0.4 is 4.74 Å². The van der Waals surface area contributed by atoms with Crippen molar-refractivity contribution < 1.29 is 23.5 Å². The third-order valence-electron chi connectivity index (χ3n) is 4.16. The number of likely N-dealkylation sites (N-methyl/N-ethyl adjacent to an activating group) is 1. The zero-order valence-electron chi connectivity index (χ0n) is 16.9. The molecule has 0 saturated carbocycles. The van der Waals surface area contributed by atoms with Crippen molar-refractivity contribution in [1.82, 2.24) is 4.90 Å². The maximum absolute atomic E-state index is 13.1. The molecule has 1 aliphatic rings. The smallest absolute Gasteiger partial charge is 0.344 e. The number of hydrogen-bond acceptors (Lipinski definition) is 6. The highest BCUT2D eigenvalue weighted by molar-refractivity contribution is 9.10. The van der Waals surface area contributed by atoms with E-state index in [4.69, 9.17) is 9.47 Å². The third kappa shape index (κ3) is 5.95. The van der Waals surface area contributed by atoms with Gasteiger partial charge in [0.25, 0.3) is 5.91 Å². The van der Waals surface area contributed by atoms with Gasteiger partial charge < -0.3 is 9.47 Å². The normalized spacial score (nSPS) is 16.3. The summed E-state index contributed by atoms with van der Waals surface area (Å²) in [6, 6.07) is 11.1. The molecule has 1 heterocycles. The second-order valence-electron chi connectivity index (χ2n) is 6.31. The first-order chi connectivity index (χ1) is 14.9. The molecule has 31 heavy (non-hydrogen) atoms. The molecule has 3 rings (SSSR count). The lowest BCUT2D eigenvalue weighted by atomic mass is 10.2. The summed E-state index contributed by atoms with van der Waals surface area (Å²) in [6.45, 7) is 4.17. The van der Waals surface area contributed by atoms with Crippen LogP contribution in [0.15, 0.2) is 56.8 Å².